The summed E-state index contributed by atoms with van der Waals surface area (Å²) in [6.07, 6.45) is 0. The summed E-state index contributed by atoms with van der Waals surface area (Å²) < 4.78 is 8.46. The zero-order valence-corrected chi connectivity index (χ0v) is 17.4. The Bertz CT molecular complexity index is 1180. The van der Waals surface area contributed by atoms with E-state index in [1.165, 1.54) is 0 Å². The van der Waals surface area contributed by atoms with Crippen molar-refractivity contribution in [1.82, 2.24) is 19.7 Å². The maximum absolute atomic E-state index is 5.47. The first kappa shape index (κ1) is 18.4. The fraction of sp³-hybridized carbons (Fsp3) is 0.200. The number of benzene rings is 2. The van der Waals surface area contributed by atoms with E-state index < -0.39 is 0 Å². The molecule has 2 aromatic carbocycles. The van der Waals surface area contributed by atoms with E-state index in [0.717, 1.165) is 43.6 Å². The molecule has 0 amide bonds. The summed E-state index contributed by atoms with van der Waals surface area (Å²) in [5.41, 5.74) is 7.26. The molecular weight excluding hydrogens is 420 g/mol. The third kappa shape index (κ3) is 3.43. The molecule has 0 saturated carbocycles. The molecule has 2 heterocycles. The first-order valence-corrected chi connectivity index (χ1v) is 9.68. The molecule has 0 radical (unpaired) electrons. The average Bonchev–Trinajstić information content (AvgIpc) is 2.98. The molecule has 0 aliphatic heterocycles. The van der Waals surface area contributed by atoms with Crippen molar-refractivity contribution in [2.75, 3.05) is 12.0 Å². The average molecular weight is 439 g/mol. The third-order valence-electron chi connectivity index (χ3n) is 4.47. The molecule has 2 aromatic heterocycles. The van der Waals surface area contributed by atoms with Gasteiger partial charge in [0.05, 0.1) is 17.8 Å². The lowest BCUT2D eigenvalue weighted by atomic mass is 10.1. The number of hydrazone groups is 1. The largest absolute Gasteiger partial charge is 0.494 e. The Morgan fingerprint density at radius 3 is 2.71 bits per heavy atom. The molecule has 1 N–H and O–H groups in total. The van der Waals surface area contributed by atoms with Crippen LogP contribution in [0.25, 0.3) is 22.1 Å². The van der Waals surface area contributed by atoms with Gasteiger partial charge in [-0.25, -0.2) is 5.43 Å². The number of hydrogen-bond donors (Lipinski definition) is 1. The molecule has 0 atom stereocenters. The molecule has 4 aromatic rings. The predicted octanol–water partition coefficient (Wildman–Crippen LogP) is 4.51. The second kappa shape index (κ2) is 7.55. The number of aromatic nitrogens is 4. The van der Waals surface area contributed by atoms with Crippen molar-refractivity contribution in [2.45, 2.75) is 13.8 Å². The van der Waals surface area contributed by atoms with Crippen LogP contribution in [0.15, 0.2) is 52.0 Å². The summed E-state index contributed by atoms with van der Waals surface area (Å²) in [4.78, 5) is 4.58. The van der Waals surface area contributed by atoms with E-state index in [0.29, 0.717) is 12.6 Å². The van der Waals surface area contributed by atoms with Crippen LogP contribution in [0.1, 0.15) is 19.4 Å². The van der Waals surface area contributed by atoms with E-state index in [2.05, 4.69) is 41.6 Å². The molecule has 7 nitrogen and oxygen atoms in total. The highest BCUT2D eigenvalue weighted by molar-refractivity contribution is 9.10. The van der Waals surface area contributed by atoms with Gasteiger partial charge in [-0.05, 0) is 61.9 Å². The number of ether oxygens (including phenoxy) is 1. The number of halogens is 1. The summed E-state index contributed by atoms with van der Waals surface area (Å²) in [6.45, 7) is 4.53. The highest BCUT2D eigenvalue weighted by Crippen LogP contribution is 2.28. The first-order valence-electron chi connectivity index (χ1n) is 8.88. The Hall–Kier alpha value is -3.00. The van der Waals surface area contributed by atoms with Gasteiger partial charge in [-0.2, -0.15) is 10.1 Å². The van der Waals surface area contributed by atoms with Gasteiger partial charge in [0.15, 0.2) is 5.65 Å². The Morgan fingerprint density at radius 2 is 1.96 bits per heavy atom. The minimum atomic E-state index is 0.350. The van der Waals surface area contributed by atoms with Crippen molar-refractivity contribution in [3.63, 3.8) is 0 Å². The van der Waals surface area contributed by atoms with Crippen LogP contribution in [0.2, 0.25) is 0 Å². The van der Waals surface area contributed by atoms with Gasteiger partial charge in [0.2, 0.25) is 0 Å². The second-order valence-corrected chi connectivity index (χ2v) is 7.21. The lowest BCUT2D eigenvalue weighted by Crippen LogP contribution is -2.04. The first-order chi connectivity index (χ1) is 13.6. The van der Waals surface area contributed by atoms with Gasteiger partial charge in [0.25, 0.3) is 5.95 Å². The van der Waals surface area contributed by atoms with Crippen molar-refractivity contribution in [1.29, 1.82) is 0 Å². The van der Waals surface area contributed by atoms with E-state index in [1.807, 2.05) is 67.9 Å². The normalized spacial score (nSPS) is 11.9. The summed E-state index contributed by atoms with van der Waals surface area (Å²) in [7, 11) is 1.96. The minimum Gasteiger partial charge on any atom is -0.494 e. The molecule has 142 valence electrons. The highest BCUT2D eigenvalue weighted by atomic mass is 79.9. The van der Waals surface area contributed by atoms with Crippen molar-refractivity contribution in [3.8, 4) is 5.75 Å². The van der Waals surface area contributed by atoms with E-state index in [9.17, 15) is 0 Å². The second-order valence-electron chi connectivity index (χ2n) is 6.29. The lowest BCUT2D eigenvalue weighted by Gasteiger charge is -2.05. The van der Waals surface area contributed by atoms with Crippen LogP contribution >= 0.6 is 15.9 Å². The molecule has 0 aliphatic rings. The maximum atomic E-state index is 5.47. The molecule has 0 aliphatic carbocycles. The number of aryl methyl sites for hydroxylation is 1. The van der Waals surface area contributed by atoms with Crippen LogP contribution in [0, 0.1) is 0 Å². The Labute approximate surface area is 170 Å². The Kier molecular flexibility index (Phi) is 4.95. The minimum absolute atomic E-state index is 0.350. The van der Waals surface area contributed by atoms with E-state index >= 15 is 0 Å². The maximum Gasteiger partial charge on any atom is 0.265 e. The number of nitrogens with one attached hydrogen (secondary N) is 1. The molecule has 0 spiro atoms. The van der Waals surface area contributed by atoms with Gasteiger partial charge in [-0.15, -0.1) is 10.2 Å². The van der Waals surface area contributed by atoms with Gasteiger partial charge in [0.1, 0.15) is 11.3 Å². The van der Waals surface area contributed by atoms with E-state index in [-0.39, 0.29) is 0 Å². The van der Waals surface area contributed by atoms with Gasteiger partial charge >= 0.3 is 0 Å². The molecule has 0 fully saturated rings. The van der Waals surface area contributed by atoms with Crippen LogP contribution in [0.4, 0.5) is 5.95 Å². The number of nitrogens with zero attached hydrogens (tertiary/aromatic N) is 5. The van der Waals surface area contributed by atoms with Crippen LogP contribution in [0.3, 0.4) is 0 Å². The summed E-state index contributed by atoms with van der Waals surface area (Å²) in [5, 5.41) is 13.9. The molecule has 4 rings (SSSR count). The van der Waals surface area contributed by atoms with Crippen LogP contribution < -0.4 is 10.2 Å². The Balaban J connectivity index is 1.61. The number of anilines is 1. The van der Waals surface area contributed by atoms with Crippen LogP contribution in [0.5, 0.6) is 5.75 Å². The topological polar surface area (TPSA) is 77.2 Å². The standard InChI is InChI=1S/C20H19BrN6O/c1-4-28-15-8-5-13(6-9-15)12(2)23-25-20-22-19-18(24-26-20)16-11-14(21)7-10-17(16)27(19)3/h5-11H,4H2,1-3H3,(H,22,25,26)/b23-12-. The number of hydrogen-bond acceptors (Lipinski definition) is 6. The molecule has 0 unspecified atom stereocenters. The summed E-state index contributed by atoms with van der Waals surface area (Å²) in [6, 6.07) is 13.8. The van der Waals surface area contributed by atoms with Crippen LogP contribution in [-0.2, 0) is 7.05 Å². The quantitative estimate of drug-likeness (QED) is 0.366. The number of fused-ring (bicyclic) bond motifs is 3. The van der Waals surface area contributed by atoms with E-state index in [4.69, 9.17) is 4.74 Å². The third-order valence-corrected chi connectivity index (χ3v) is 4.96. The fourth-order valence-electron chi connectivity index (χ4n) is 3.04. The Morgan fingerprint density at radius 1 is 1.18 bits per heavy atom. The van der Waals surface area contributed by atoms with E-state index in [1.54, 1.807) is 0 Å². The number of rotatable bonds is 5. The van der Waals surface area contributed by atoms with Crippen LogP contribution in [-0.4, -0.2) is 32.1 Å². The monoisotopic (exact) mass is 438 g/mol. The molecule has 0 saturated heterocycles. The summed E-state index contributed by atoms with van der Waals surface area (Å²) >= 11 is 3.50. The fourth-order valence-corrected chi connectivity index (χ4v) is 3.40. The van der Waals surface area contributed by atoms with Crippen molar-refractivity contribution >= 4 is 49.7 Å². The van der Waals surface area contributed by atoms with Gasteiger partial charge in [-0.3, -0.25) is 0 Å². The van der Waals surface area contributed by atoms with Crippen molar-refractivity contribution < 1.29 is 4.74 Å². The van der Waals surface area contributed by atoms with Gasteiger partial charge < -0.3 is 9.30 Å². The van der Waals surface area contributed by atoms with Crippen molar-refractivity contribution in [2.24, 2.45) is 12.1 Å². The lowest BCUT2D eigenvalue weighted by molar-refractivity contribution is 0.340. The predicted molar refractivity (Wildman–Crippen MR) is 115 cm³/mol. The smallest absolute Gasteiger partial charge is 0.265 e. The molecule has 0 bridgehead atoms. The zero-order chi connectivity index (χ0) is 19.7. The molecule has 28 heavy (non-hydrogen) atoms. The van der Waals surface area contributed by atoms with Crippen molar-refractivity contribution in [3.05, 3.63) is 52.5 Å². The summed E-state index contributed by atoms with van der Waals surface area (Å²) in [5.74, 6) is 1.19. The van der Waals surface area contributed by atoms with Gasteiger partial charge in [-0.1, -0.05) is 15.9 Å². The SMILES string of the molecule is CCOc1ccc(/C(C)=N\Nc2nnc3c4cc(Br)ccc4n(C)c3n2)cc1. The molecular formula is C20H19BrN6O. The molecule has 8 heteroatoms. The zero-order valence-electron chi connectivity index (χ0n) is 15.8. The highest BCUT2D eigenvalue weighted by Gasteiger charge is 2.13. The van der Waals surface area contributed by atoms with Gasteiger partial charge in [0, 0.05) is 16.9 Å².